The quantitative estimate of drug-likeness (QED) is 0.317. The average Bonchev–Trinajstić information content (AvgIpc) is 2.79. The monoisotopic (exact) mass is 437 g/mol. The van der Waals surface area contributed by atoms with Crippen LogP contribution in [0, 0.1) is 13.8 Å². The lowest BCUT2D eigenvalue weighted by atomic mass is 10.1. The van der Waals surface area contributed by atoms with Crippen molar-refractivity contribution >= 4 is 40.4 Å². The summed E-state index contributed by atoms with van der Waals surface area (Å²) < 4.78 is 5.80. The molecule has 0 aliphatic carbocycles. The Bertz CT molecular complexity index is 1380. The van der Waals surface area contributed by atoms with Crippen LogP contribution in [0.15, 0.2) is 77.8 Å². The van der Waals surface area contributed by atoms with Crippen molar-refractivity contribution in [2.24, 2.45) is 4.99 Å². The molecule has 0 saturated heterocycles. The highest BCUT2D eigenvalue weighted by Crippen LogP contribution is 2.28. The van der Waals surface area contributed by atoms with E-state index < -0.39 is 5.97 Å². The van der Waals surface area contributed by atoms with Crippen LogP contribution in [-0.2, 0) is 4.79 Å². The second kappa shape index (κ2) is 9.44. The molecule has 0 aliphatic heterocycles. The summed E-state index contributed by atoms with van der Waals surface area (Å²) in [5, 5.41) is 3.51. The summed E-state index contributed by atoms with van der Waals surface area (Å²) in [7, 11) is 0. The zero-order valence-electron chi connectivity index (χ0n) is 18.6. The number of nitrogens with zero attached hydrogens (tertiary/aromatic N) is 2. The smallest absolute Gasteiger partial charge is 0.345 e. The van der Waals surface area contributed by atoms with E-state index >= 15 is 0 Å². The summed E-state index contributed by atoms with van der Waals surface area (Å²) in [6, 6.07) is 21.9. The first-order chi connectivity index (χ1) is 15.9. The number of hydrogen-bond donors (Lipinski definition) is 1. The van der Waals surface area contributed by atoms with Gasteiger partial charge in [-0.3, -0.25) is 14.8 Å². The van der Waals surface area contributed by atoms with E-state index in [0.717, 1.165) is 27.7 Å². The highest BCUT2D eigenvalue weighted by atomic mass is 16.5. The van der Waals surface area contributed by atoms with Crippen molar-refractivity contribution in [1.29, 1.82) is 0 Å². The molecule has 1 aromatic heterocycles. The highest BCUT2D eigenvalue weighted by Gasteiger charge is 2.15. The van der Waals surface area contributed by atoms with Crippen molar-refractivity contribution < 1.29 is 14.3 Å². The van der Waals surface area contributed by atoms with Gasteiger partial charge in [-0.1, -0.05) is 35.9 Å². The minimum atomic E-state index is -0.489. The van der Waals surface area contributed by atoms with Crippen molar-refractivity contribution in [3.8, 4) is 5.75 Å². The standard InChI is InChI=1S/C27H23N3O3/c1-17-8-13-25-23(14-17)26(15-18(2)29-25)33-27(32)22-6-4-5-7-24(22)28-16-20-9-11-21(12-10-20)30-19(3)31/h4-16H,1-3H3,(H,30,31). The van der Waals surface area contributed by atoms with E-state index in [0.29, 0.717) is 22.7 Å². The third kappa shape index (κ3) is 5.30. The molecule has 1 amide bonds. The summed E-state index contributed by atoms with van der Waals surface area (Å²) in [4.78, 5) is 33.3. The first-order valence-corrected chi connectivity index (χ1v) is 10.5. The maximum Gasteiger partial charge on any atom is 0.345 e. The lowest BCUT2D eigenvalue weighted by molar-refractivity contribution is -0.114. The van der Waals surface area contributed by atoms with E-state index in [1.165, 1.54) is 6.92 Å². The van der Waals surface area contributed by atoms with Crippen LogP contribution < -0.4 is 10.1 Å². The molecule has 33 heavy (non-hydrogen) atoms. The van der Waals surface area contributed by atoms with E-state index in [1.807, 2.05) is 50.2 Å². The predicted molar refractivity (Wildman–Crippen MR) is 131 cm³/mol. The molecule has 6 heteroatoms. The zero-order valence-corrected chi connectivity index (χ0v) is 18.6. The van der Waals surface area contributed by atoms with E-state index in [-0.39, 0.29) is 5.91 Å². The summed E-state index contributed by atoms with van der Waals surface area (Å²) in [6.07, 6.45) is 1.67. The fourth-order valence-electron chi connectivity index (χ4n) is 3.43. The Morgan fingerprint density at radius 1 is 0.970 bits per heavy atom. The molecule has 0 saturated carbocycles. The summed E-state index contributed by atoms with van der Waals surface area (Å²) >= 11 is 0. The zero-order chi connectivity index (χ0) is 23.4. The van der Waals surface area contributed by atoms with Crippen molar-refractivity contribution in [2.75, 3.05) is 5.32 Å². The molecular weight excluding hydrogens is 414 g/mol. The van der Waals surface area contributed by atoms with Gasteiger partial charge in [0.05, 0.1) is 16.8 Å². The number of aromatic nitrogens is 1. The number of pyridine rings is 1. The SMILES string of the molecule is CC(=O)Nc1ccc(C=Nc2ccccc2C(=O)Oc2cc(C)nc3ccc(C)cc23)cc1. The number of aryl methyl sites for hydroxylation is 2. The van der Waals surface area contributed by atoms with Crippen LogP contribution in [-0.4, -0.2) is 23.1 Å². The molecule has 0 aliphatic rings. The number of nitrogens with one attached hydrogen (secondary N) is 1. The van der Waals surface area contributed by atoms with Crippen LogP contribution in [0.3, 0.4) is 0 Å². The van der Waals surface area contributed by atoms with Gasteiger partial charge in [0.25, 0.3) is 0 Å². The molecule has 1 heterocycles. The highest BCUT2D eigenvalue weighted by molar-refractivity contribution is 5.99. The van der Waals surface area contributed by atoms with Crippen LogP contribution in [0.5, 0.6) is 5.75 Å². The normalized spacial score (nSPS) is 11.0. The summed E-state index contributed by atoms with van der Waals surface area (Å²) in [5.41, 5.74) is 5.00. The first kappa shape index (κ1) is 21.9. The number of carbonyl (C=O) groups excluding carboxylic acids is 2. The van der Waals surface area contributed by atoms with Crippen molar-refractivity contribution in [3.05, 3.63) is 95.2 Å². The molecule has 0 atom stereocenters. The van der Waals surface area contributed by atoms with Crippen molar-refractivity contribution in [1.82, 2.24) is 4.98 Å². The number of ether oxygens (including phenoxy) is 1. The second-order valence-corrected chi connectivity index (χ2v) is 7.75. The molecule has 4 aromatic rings. The average molecular weight is 437 g/mol. The predicted octanol–water partition coefficient (Wildman–Crippen LogP) is 5.78. The number of esters is 1. The third-order valence-electron chi connectivity index (χ3n) is 4.96. The molecule has 164 valence electrons. The van der Waals surface area contributed by atoms with Crippen LogP contribution >= 0.6 is 0 Å². The number of anilines is 1. The molecule has 1 N–H and O–H groups in total. The van der Waals surface area contributed by atoms with E-state index in [9.17, 15) is 9.59 Å². The summed E-state index contributed by atoms with van der Waals surface area (Å²) in [6.45, 7) is 5.31. The van der Waals surface area contributed by atoms with Crippen molar-refractivity contribution in [3.63, 3.8) is 0 Å². The van der Waals surface area contributed by atoms with Gasteiger partial charge in [-0.15, -0.1) is 0 Å². The van der Waals surface area contributed by atoms with Gasteiger partial charge in [0.15, 0.2) is 0 Å². The Morgan fingerprint density at radius 2 is 1.73 bits per heavy atom. The molecule has 4 rings (SSSR count). The summed E-state index contributed by atoms with van der Waals surface area (Å²) in [5.74, 6) is -0.146. The van der Waals surface area contributed by atoms with E-state index in [4.69, 9.17) is 4.74 Å². The number of carbonyl (C=O) groups is 2. The van der Waals surface area contributed by atoms with Gasteiger partial charge < -0.3 is 10.1 Å². The van der Waals surface area contributed by atoms with Crippen LogP contribution in [0.1, 0.15) is 34.1 Å². The molecule has 0 bridgehead atoms. The Hall–Kier alpha value is -4.32. The second-order valence-electron chi connectivity index (χ2n) is 7.75. The third-order valence-corrected chi connectivity index (χ3v) is 4.96. The van der Waals surface area contributed by atoms with Crippen molar-refractivity contribution in [2.45, 2.75) is 20.8 Å². The van der Waals surface area contributed by atoms with Gasteiger partial charge in [-0.25, -0.2) is 4.79 Å². The number of hydrogen-bond acceptors (Lipinski definition) is 5. The topological polar surface area (TPSA) is 80.7 Å². The van der Waals surface area contributed by atoms with Crippen LogP contribution in [0.25, 0.3) is 10.9 Å². The minimum Gasteiger partial charge on any atom is -0.422 e. The van der Waals surface area contributed by atoms with Crippen LogP contribution in [0.4, 0.5) is 11.4 Å². The lowest BCUT2D eigenvalue weighted by Crippen LogP contribution is -2.09. The lowest BCUT2D eigenvalue weighted by Gasteiger charge is -2.10. The fourth-order valence-corrected chi connectivity index (χ4v) is 3.43. The van der Waals surface area contributed by atoms with E-state index in [1.54, 1.807) is 42.6 Å². The number of amides is 1. The Kier molecular flexibility index (Phi) is 6.26. The van der Waals surface area contributed by atoms with Gasteiger partial charge in [0.1, 0.15) is 5.75 Å². The minimum absolute atomic E-state index is 0.129. The molecule has 0 unspecified atom stereocenters. The fraction of sp³-hybridized carbons (Fsp3) is 0.111. The van der Waals surface area contributed by atoms with E-state index in [2.05, 4.69) is 15.3 Å². The molecular formula is C27H23N3O3. The van der Waals surface area contributed by atoms with Gasteiger partial charge in [0.2, 0.25) is 5.91 Å². The first-order valence-electron chi connectivity index (χ1n) is 10.5. The number of aliphatic imine (C=N–C) groups is 1. The number of fused-ring (bicyclic) bond motifs is 1. The maximum atomic E-state index is 13.1. The number of rotatable bonds is 5. The van der Waals surface area contributed by atoms with Gasteiger partial charge in [-0.05, 0) is 55.8 Å². The van der Waals surface area contributed by atoms with Gasteiger partial charge >= 0.3 is 5.97 Å². The maximum absolute atomic E-state index is 13.1. The molecule has 6 nitrogen and oxygen atoms in total. The van der Waals surface area contributed by atoms with Gasteiger partial charge in [-0.2, -0.15) is 0 Å². The molecule has 3 aromatic carbocycles. The Labute approximate surface area is 192 Å². The molecule has 0 spiro atoms. The van der Waals surface area contributed by atoms with Gasteiger partial charge in [0, 0.05) is 36.0 Å². The Morgan fingerprint density at radius 3 is 2.48 bits per heavy atom. The van der Waals surface area contributed by atoms with Crippen LogP contribution in [0.2, 0.25) is 0 Å². The number of benzene rings is 3. The molecule has 0 fully saturated rings. The Balaban J connectivity index is 1.59. The number of para-hydroxylation sites is 1. The molecule has 0 radical (unpaired) electrons. The largest absolute Gasteiger partial charge is 0.422 e.